The lowest BCUT2D eigenvalue weighted by Crippen LogP contribution is -2.35. The van der Waals surface area contributed by atoms with E-state index in [4.69, 9.17) is 0 Å². The Morgan fingerprint density at radius 1 is 1.24 bits per heavy atom. The van der Waals surface area contributed by atoms with Crippen LogP contribution in [0.3, 0.4) is 0 Å². The van der Waals surface area contributed by atoms with Gasteiger partial charge >= 0.3 is 0 Å². The summed E-state index contributed by atoms with van der Waals surface area (Å²) < 4.78 is 1.96. The molecular weight excluding hydrogens is 316 g/mol. The van der Waals surface area contributed by atoms with Gasteiger partial charge in [0, 0.05) is 56.4 Å². The number of hydrogen-bond donors (Lipinski definition) is 0. The second kappa shape index (κ2) is 8.02. The van der Waals surface area contributed by atoms with Crippen LogP contribution in [0, 0.1) is 6.92 Å². The first-order valence-corrected chi connectivity index (χ1v) is 8.59. The standard InChI is InChI=1S/C18H24N6O/c1-3-7-24-15(2)16(12-21-24)14-22-8-4-9-23(11-10-22)18(25)17-13-19-5-6-20-17/h3,5-6,12-13H,1,4,7-11,14H2,2H3. The molecule has 25 heavy (non-hydrogen) atoms. The largest absolute Gasteiger partial charge is 0.336 e. The third-order valence-corrected chi connectivity index (χ3v) is 4.56. The third kappa shape index (κ3) is 4.11. The minimum Gasteiger partial charge on any atom is -0.336 e. The molecule has 1 saturated heterocycles. The molecular formula is C18H24N6O. The summed E-state index contributed by atoms with van der Waals surface area (Å²) in [7, 11) is 0. The van der Waals surface area contributed by atoms with Crippen molar-refractivity contribution in [3.05, 3.63) is 54.4 Å². The van der Waals surface area contributed by atoms with E-state index >= 15 is 0 Å². The number of amides is 1. The SMILES string of the molecule is C=CCn1ncc(CN2CCCN(C(=O)c3cnccn3)CC2)c1C. The molecule has 1 amide bonds. The first kappa shape index (κ1) is 17.3. The molecule has 1 fully saturated rings. The average Bonchev–Trinajstić information content (AvgIpc) is 2.85. The van der Waals surface area contributed by atoms with E-state index in [1.165, 1.54) is 17.5 Å². The van der Waals surface area contributed by atoms with E-state index in [0.29, 0.717) is 12.2 Å². The number of aromatic nitrogens is 4. The molecule has 1 aliphatic heterocycles. The van der Waals surface area contributed by atoms with Crippen LogP contribution in [0.2, 0.25) is 0 Å². The fourth-order valence-electron chi connectivity index (χ4n) is 3.09. The van der Waals surface area contributed by atoms with E-state index in [1.54, 1.807) is 12.4 Å². The van der Waals surface area contributed by atoms with Crippen LogP contribution in [0.1, 0.15) is 28.2 Å². The van der Waals surface area contributed by atoms with Crippen molar-refractivity contribution >= 4 is 5.91 Å². The highest BCUT2D eigenvalue weighted by molar-refractivity contribution is 5.91. The number of hydrogen-bond acceptors (Lipinski definition) is 5. The van der Waals surface area contributed by atoms with Gasteiger partial charge in [0.05, 0.1) is 18.9 Å². The van der Waals surface area contributed by atoms with Gasteiger partial charge in [0.25, 0.3) is 5.91 Å². The van der Waals surface area contributed by atoms with Crippen molar-refractivity contribution in [2.45, 2.75) is 26.4 Å². The summed E-state index contributed by atoms with van der Waals surface area (Å²) in [5.41, 5.74) is 2.82. The molecule has 0 spiro atoms. The maximum atomic E-state index is 12.5. The molecule has 7 nitrogen and oxygen atoms in total. The van der Waals surface area contributed by atoms with E-state index in [9.17, 15) is 4.79 Å². The Kier molecular flexibility index (Phi) is 5.55. The van der Waals surface area contributed by atoms with Crippen molar-refractivity contribution in [1.82, 2.24) is 29.5 Å². The van der Waals surface area contributed by atoms with Gasteiger partial charge in [-0.1, -0.05) is 6.08 Å². The van der Waals surface area contributed by atoms with Crippen LogP contribution in [-0.2, 0) is 13.1 Å². The highest BCUT2D eigenvalue weighted by atomic mass is 16.2. The lowest BCUT2D eigenvalue weighted by molar-refractivity contribution is 0.0754. The van der Waals surface area contributed by atoms with Crippen LogP contribution in [0.15, 0.2) is 37.4 Å². The van der Waals surface area contributed by atoms with Crippen LogP contribution >= 0.6 is 0 Å². The van der Waals surface area contributed by atoms with Gasteiger partial charge in [-0.3, -0.25) is 19.4 Å². The van der Waals surface area contributed by atoms with Crippen molar-refractivity contribution < 1.29 is 4.79 Å². The van der Waals surface area contributed by atoms with E-state index in [0.717, 1.165) is 39.1 Å². The molecule has 0 saturated carbocycles. The Labute approximate surface area is 148 Å². The van der Waals surface area contributed by atoms with Gasteiger partial charge in [0.15, 0.2) is 0 Å². The lowest BCUT2D eigenvalue weighted by atomic mass is 10.2. The van der Waals surface area contributed by atoms with Crippen molar-refractivity contribution in [2.75, 3.05) is 26.2 Å². The maximum absolute atomic E-state index is 12.5. The minimum atomic E-state index is -0.0371. The highest BCUT2D eigenvalue weighted by Crippen LogP contribution is 2.14. The molecule has 0 atom stereocenters. The first-order chi connectivity index (χ1) is 12.2. The Morgan fingerprint density at radius 2 is 2.12 bits per heavy atom. The predicted molar refractivity (Wildman–Crippen MR) is 95.0 cm³/mol. The van der Waals surface area contributed by atoms with Gasteiger partial charge < -0.3 is 4.90 Å². The zero-order valence-corrected chi connectivity index (χ0v) is 14.6. The first-order valence-electron chi connectivity index (χ1n) is 8.59. The fraction of sp³-hybridized carbons (Fsp3) is 0.444. The Hall–Kier alpha value is -2.54. The van der Waals surface area contributed by atoms with E-state index in [-0.39, 0.29) is 5.91 Å². The third-order valence-electron chi connectivity index (χ3n) is 4.56. The van der Waals surface area contributed by atoms with Crippen molar-refractivity contribution in [1.29, 1.82) is 0 Å². The molecule has 2 aromatic heterocycles. The van der Waals surface area contributed by atoms with Crippen LogP contribution in [-0.4, -0.2) is 61.6 Å². The number of nitrogens with zero attached hydrogens (tertiary/aromatic N) is 6. The molecule has 0 unspecified atom stereocenters. The molecule has 1 aliphatic rings. The summed E-state index contributed by atoms with van der Waals surface area (Å²) >= 11 is 0. The normalized spacial score (nSPS) is 15.8. The number of allylic oxidation sites excluding steroid dienone is 1. The van der Waals surface area contributed by atoms with Crippen molar-refractivity contribution in [3.8, 4) is 0 Å². The molecule has 132 valence electrons. The van der Waals surface area contributed by atoms with Crippen LogP contribution in [0.25, 0.3) is 0 Å². The predicted octanol–water partition coefficient (Wildman–Crippen LogP) is 1.52. The Bertz CT molecular complexity index is 726. The summed E-state index contributed by atoms with van der Waals surface area (Å²) in [6, 6.07) is 0. The summed E-state index contributed by atoms with van der Waals surface area (Å²) in [5.74, 6) is -0.0371. The maximum Gasteiger partial charge on any atom is 0.274 e. The number of rotatable bonds is 5. The second-order valence-electron chi connectivity index (χ2n) is 6.24. The quantitative estimate of drug-likeness (QED) is 0.772. The fourth-order valence-corrected chi connectivity index (χ4v) is 3.09. The van der Waals surface area contributed by atoms with Gasteiger partial charge in [-0.05, 0) is 13.3 Å². The Morgan fingerprint density at radius 3 is 2.88 bits per heavy atom. The van der Waals surface area contributed by atoms with E-state index in [2.05, 4.69) is 33.5 Å². The molecule has 2 aromatic rings. The molecule has 7 heteroatoms. The van der Waals surface area contributed by atoms with E-state index in [1.807, 2.05) is 21.9 Å². The zero-order valence-electron chi connectivity index (χ0n) is 14.6. The molecule has 0 N–H and O–H groups in total. The van der Waals surface area contributed by atoms with Crippen molar-refractivity contribution in [3.63, 3.8) is 0 Å². The van der Waals surface area contributed by atoms with Crippen LogP contribution in [0.4, 0.5) is 0 Å². The second-order valence-corrected chi connectivity index (χ2v) is 6.24. The molecule has 0 bridgehead atoms. The molecule has 0 aliphatic carbocycles. The summed E-state index contributed by atoms with van der Waals surface area (Å²) in [5, 5.41) is 4.42. The number of carbonyl (C=O) groups is 1. The van der Waals surface area contributed by atoms with Gasteiger partial charge in [-0.15, -0.1) is 6.58 Å². The van der Waals surface area contributed by atoms with Gasteiger partial charge in [-0.25, -0.2) is 4.98 Å². The number of carbonyl (C=O) groups excluding carboxylic acids is 1. The lowest BCUT2D eigenvalue weighted by Gasteiger charge is -2.21. The zero-order chi connectivity index (χ0) is 17.6. The Balaban J connectivity index is 1.60. The smallest absolute Gasteiger partial charge is 0.274 e. The van der Waals surface area contributed by atoms with Crippen molar-refractivity contribution in [2.24, 2.45) is 0 Å². The summed E-state index contributed by atoms with van der Waals surface area (Å²) in [4.78, 5) is 24.9. The minimum absolute atomic E-state index is 0.0371. The van der Waals surface area contributed by atoms with Crippen LogP contribution < -0.4 is 0 Å². The van der Waals surface area contributed by atoms with Gasteiger partial charge in [0.1, 0.15) is 5.69 Å². The molecule has 3 heterocycles. The molecule has 3 rings (SSSR count). The van der Waals surface area contributed by atoms with Gasteiger partial charge in [-0.2, -0.15) is 5.10 Å². The van der Waals surface area contributed by atoms with Gasteiger partial charge in [0.2, 0.25) is 0 Å². The summed E-state index contributed by atoms with van der Waals surface area (Å²) in [6.07, 6.45) is 9.41. The monoisotopic (exact) mass is 340 g/mol. The highest BCUT2D eigenvalue weighted by Gasteiger charge is 2.22. The summed E-state index contributed by atoms with van der Waals surface area (Å²) in [6.45, 7) is 10.7. The molecule has 0 aromatic carbocycles. The van der Waals surface area contributed by atoms with E-state index < -0.39 is 0 Å². The van der Waals surface area contributed by atoms with Crippen LogP contribution in [0.5, 0.6) is 0 Å². The average molecular weight is 340 g/mol. The topological polar surface area (TPSA) is 67.2 Å². The molecule has 0 radical (unpaired) electrons.